The fourth-order valence-electron chi connectivity index (χ4n) is 2.00. The fraction of sp³-hybridized carbons (Fsp3) is 1.00. The molecular weight excluding hydrogens is 98.1 g/mol. The summed E-state index contributed by atoms with van der Waals surface area (Å²) in [5.41, 5.74) is 0. The van der Waals surface area contributed by atoms with Crippen LogP contribution in [0.1, 0.15) is 13.3 Å². The highest BCUT2D eigenvalue weighted by atomic mass is 14.9. The van der Waals surface area contributed by atoms with Gasteiger partial charge in [-0.2, -0.15) is 0 Å². The van der Waals surface area contributed by atoms with Gasteiger partial charge in [0.25, 0.3) is 0 Å². The molecule has 0 spiro atoms. The molecule has 8 heavy (non-hydrogen) atoms. The summed E-state index contributed by atoms with van der Waals surface area (Å²) in [6.45, 7) is 4.97. The van der Waals surface area contributed by atoms with E-state index in [2.05, 4.69) is 12.2 Å². The second-order valence-corrected chi connectivity index (χ2v) is 3.27. The Morgan fingerprint density at radius 1 is 1.25 bits per heavy atom. The molecule has 3 rings (SSSR count). The summed E-state index contributed by atoms with van der Waals surface area (Å²) in [6.07, 6.45) is 1.51. The Hall–Kier alpha value is -0.0400. The first-order chi connectivity index (χ1) is 3.88. The van der Waals surface area contributed by atoms with E-state index < -0.39 is 0 Å². The lowest BCUT2D eigenvalue weighted by Crippen LogP contribution is -2.51. The molecular formula is C7H13N. The molecule has 2 heterocycles. The van der Waals surface area contributed by atoms with Gasteiger partial charge in [-0.15, -0.1) is 0 Å². The third kappa shape index (κ3) is 0.455. The molecule has 2 aliphatic heterocycles. The van der Waals surface area contributed by atoms with Gasteiger partial charge in [0.15, 0.2) is 0 Å². The Labute approximate surface area is 50.5 Å². The van der Waals surface area contributed by atoms with E-state index in [1.54, 1.807) is 0 Å². The molecule has 3 aliphatic rings. The van der Waals surface area contributed by atoms with Crippen molar-refractivity contribution in [2.24, 2.45) is 17.8 Å². The molecule has 2 bridgehead atoms. The molecule has 0 radical (unpaired) electrons. The Kier molecular flexibility index (Phi) is 0.884. The summed E-state index contributed by atoms with van der Waals surface area (Å²) >= 11 is 0. The fourth-order valence-corrected chi connectivity index (χ4v) is 2.00. The van der Waals surface area contributed by atoms with E-state index in [4.69, 9.17) is 0 Å². The zero-order chi connectivity index (χ0) is 5.56. The third-order valence-electron chi connectivity index (χ3n) is 2.91. The summed E-state index contributed by atoms with van der Waals surface area (Å²) in [6, 6.07) is 0. The molecule has 1 unspecified atom stereocenters. The second-order valence-electron chi connectivity index (χ2n) is 3.27. The van der Waals surface area contributed by atoms with Gasteiger partial charge in [-0.25, -0.2) is 0 Å². The van der Waals surface area contributed by atoms with Crippen molar-refractivity contribution in [1.29, 1.82) is 0 Å². The highest BCUT2D eigenvalue weighted by molar-refractivity contribution is 4.92. The molecule has 1 heteroatoms. The average Bonchev–Trinajstić information content (AvgIpc) is 1.89. The van der Waals surface area contributed by atoms with Crippen molar-refractivity contribution in [3.05, 3.63) is 0 Å². The highest BCUT2D eigenvalue weighted by Gasteiger charge is 2.39. The van der Waals surface area contributed by atoms with Gasteiger partial charge in [-0.05, 0) is 37.3 Å². The van der Waals surface area contributed by atoms with Crippen LogP contribution in [0.25, 0.3) is 0 Å². The van der Waals surface area contributed by atoms with E-state index in [-0.39, 0.29) is 0 Å². The molecule has 46 valence electrons. The van der Waals surface area contributed by atoms with E-state index >= 15 is 0 Å². The van der Waals surface area contributed by atoms with Crippen molar-refractivity contribution in [2.75, 3.05) is 13.1 Å². The van der Waals surface area contributed by atoms with Crippen LogP contribution in [0.5, 0.6) is 0 Å². The lowest BCUT2D eigenvalue weighted by atomic mass is 9.63. The SMILES string of the molecule is CC1[C@@H]2CNC[C@H]1C2. The number of rotatable bonds is 0. The predicted octanol–water partition coefficient (Wildman–Crippen LogP) is 0.862. The molecule has 1 saturated carbocycles. The molecule has 0 aromatic heterocycles. The molecule has 0 amide bonds. The van der Waals surface area contributed by atoms with Crippen molar-refractivity contribution in [3.63, 3.8) is 0 Å². The lowest BCUT2D eigenvalue weighted by Gasteiger charge is -2.48. The highest BCUT2D eigenvalue weighted by Crippen LogP contribution is 2.41. The van der Waals surface area contributed by atoms with Gasteiger partial charge in [-0.3, -0.25) is 0 Å². The van der Waals surface area contributed by atoms with Gasteiger partial charge in [0, 0.05) is 0 Å². The van der Waals surface area contributed by atoms with Crippen LogP contribution in [0, 0.1) is 17.8 Å². The molecule has 0 aromatic rings. The average molecular weight is 111 g/mol. The van der Waals surface area contributed by atoms with Crippen molar-refractivity contribution in [1.82, 2.24) is 5.32 Å². The van der Waals surface area contributed by atoms with Crippen molar-refractivity contribution < 1.29 is 0 Å². The van der Waals surface area contributed by atoms with E-state index in [1.807, 2.05) is 0 Å². The van der Waals surface area contributed by atoms with Crippen LogP contribution in [0.2, 0.25) is 0 Å². The number of hydrogen-bond donors (Lipinski definition) is 1. The Morgan fingerprint density at radius 3 is 2.12 bits per heavy atom. The number of fused-ring (bicyclic) bond motifs is 2. The first kappa shape index (κ1) is 4.80. The largest absolute Gasteiger partial charge is 0.316 e. The normalized spacial score (nSPS) is 52.9. The molecule has 1 aliphatic carbocycles. The zero-order valence-electron chi connectivity index (χ0n) is 5.35. The molecule has 3 atom stereocenters. The first-order valence-corrected chi connectivity index (χ1v) is 3.58. The van der Waals surface area contributed by atoms with Crippen LogP contribution in [0.15, 0.2) is 0 Å². The van der Waals surface area contributed by atoms with Crippen molar-refractivity contribution in [2.45, 2.75) is 13.3 Å². The summed E-state index contributed by atoms with van der Waals surface area (Å²) in [5, 5.41) is 3.41. The summed E-state index contributed by atoms with van der Waals surface area (Å²) in [4.78, 5) is 0. The lowest BCUT2D eigenvalue weighted by molar-refractivity contribution is 0.0461. The standard InChI is InChI=1S/C7H13N/c1-5-6-2-7(5)4-8-3-6/h5-8H,2-4H2,1H3/t5?,6-,7+. The van der Waals surface area contributed by atoms with Gasteiger partial charge in [0.1, 0.15) is 0 Å². The van der Waals surface area contributed by atoms with Gasteiger partial charge < -0.3 is 5.32 Å². The Balaban J connectivity index is 2.03. The second kappa shape index (κ2) is 1.47. The molecule has 3 fully saturated rings. The summed E-state index contributed by atoms with van der Waals surface area (Å²) < 4.78 is 0. The number of nitrogens with one attached hydrogen (secondary N) is 1. The first-order valence-electron chi connectivity index (χ1n) is 3.58. The molecule has 1 N–H and O–H groups in total. The summed E-state index contributed by atoms with van der Waals surface area (Å²) in [7, 11) is 0. The van der Waals surface area contributed by atoms with E-state index in [9.17, 15) is 0 Å². The van der Waals surface area contributed by atoms with Crippen LogP contribution in [-0.2, 0) is 0 Å². The monoisotopic (exact) mass is 111 g/mol. The minimum Gasteiger partial charge on any atom is -0.316 e. The van der Waals surface area contributed by atoms with E-state index in [0.29, 0.717) is 0 Å². The minimum atomic E-state index is 1.04. The minimum absolute atomic E-state index is 1.04. The van der Waals surface area contributed by atoms with Crippen LogP contribution in [0.4, 0.5) is 0 Å². The van der Waals surface area contributed by atoms with Crippen LogP contribution < -0.4 is 5.32 Å². The topological polar surface area (TPSA) is 12.0 Å². The van der Waals surface area contributed by atoms with Gasteiger partial charge in [-0.1, -0.05) is 6.92 Å². The molecule has 0 aromatic carbocycles. The quantitative estimate of drug-likeness (QED) is 0.489. The van der Waals surface area contributed by atoms with Gasteiger partial charge >= 0.3 is 0 Å². The smallest absolute Gasteiger partial charge is 0.00176 e. The maximum atomic E-state index is 3.41. The van der Waals surface area contributed by atoms with Gasteiger partial charge in [0.2, 0.25) is 0 Å². The third-order valence-corrected chi connectivity index (χ3v) is 2.91. The maximum Gasteiger partial charge on any atom is -0.00176 e. The predicted molar refractivity (Wildman–Crippen MR) is 33.6 cm³/mol. The maximum absolute atomic E-state index is 3.41. The van der Waals surface area contributed by atoms with E-state index in [1.165, 1.54) is 19.5 Å². The molecule has 1 nitrogen and oxygen atoms in total. The zero-order valence-corrected chi connectivity index (χ0v) is 5.35. The number of piperidine rings is 2. The van der Waals surface area contributed by atoms with E-state index in [0.717, 1.165) is 17.8 Å². The number of hydrogen-bond acceptors (Lipinski definition) is 1. The van der Waals surface area contributed by atoms with Crippen molar-refractivity contribution >= 4 is 0 Å². The Morgan fingerprint density at radius 2 is 1.88 bits per heavy atom. The van der Waals surface area contributed by atoms with Gasteiger partial charge in [0.05, 0.1) is 0 Å². The van der Waals surface area contributed by atoms with Crippen LogP contribution >= 0.6 is 0 Å². The Bertz CT molecular complexity index is 86.6. The van der Waals surface area contributed by atoms with Crippen molar-refractivity contribution in [3.8, 4) is 0 Å². The van der Waals surface area contributed by atoms with Crippen LogP contribution in [-0.4, -0.2) is 13.1 Å². The van der Waals surface area contributed by atoms with Crippen LogP contribution in [0.3, 0.4) is 0 Å². The summed E-state index contributed by atoms with van der Waals surface area (Å²) in [5.74, 6) is 3.11. The molecule has 2 saturated heterocycles.